The summed E-state index contributed by atoms with van der Waals surface area (Å²) in [4.78, 5) is 0. The van der Waals surface area contributed by atoms with Gasteiger partial charge in [-0.25, -0.2) is 8.42 Å². The van der Waals surface area contributed by atoms with Crippen molar-refractivity contribution >= 4 is 15.7 Å². The van der Waals surface area contributed by atoms with Crippen molar-refractivity contribution in [2.24, 2.45) is 0 Å². The second kappa shape index (κ2) is 8.25. The molecule has 0 aromatic heterocycles. The number of methoxy groups -OCH3 is 2. The molecule has 0 aliphatic rings. The molecule has 0 atom stereocenters. The number of ether oxygens (including phenoxy) is 2. The number of sulfonamides is 1. The molecule has 1 N–H and O–H groups in total. The van der Waals surface area contributed by atoms with Crippen LogP contribution in [0.4, 0.5) is 5.69 Å². The maximum absolute atomic E-state index is 12.5. The van der Waals surface area contributed by atoms with Gasteiger partial charge in [-0.3, -0.25) is 4.72 Å². The lowest BCUT2D eigenvalue weighted by Crippen LogP contribution is -2.19. The normalized spacial score (nSPS) is 11.4. The molecule has 0 spiro atoms. The summed E-state index contributed by atoms with van der Waals surface area (Å²) < 4.78 is 38.1. The molecule has 6 heteroatoms. The average molecular weight is 363 g/mol. The van der Waals surface area contributed by atoms with Gasteiger partial charge in [0.2, 0.25) is 10.0 Å². The summed E-state index contributed by atoms with van der Waals surface area (Å²) in [5.74, 6) is 1.45. The first kappa shape index (κ1) is 19.1. The minimum Gasteiger partial charge on any atom is -0.493 e. The van der Waals surface area contributed by atoms with Gasteiger partial charge < -0.3 is 9.47 Å². The van der Waals surface area contributed by atoms with Gasteiger partial charge in [-0.1, -0.05) is 38.1 Å². The third-order valence-corrected chi connectivity index (χ3v) is 5.23. The van der Waals surface area contributed by atoms with E-state index in [9.17, 15) is 8.42 Å². The smallest absolute Gasteiger partial charge is 0.233 e. The molecule has 0 saturated heterocycles. The quantitative estimate of drug-likeness (QED) is 0.774. The van der Waals surface area contributed by atoms with Crippen molar-refractivity contribution in [1.29, 1.82) is 0 Å². The van der Waals surface area contributed by atoms with Crippen LogP contribution >= 0.6 is 0 Å². The predicted octanol–water partition coefficient (Wildman–Crippen LogP) is 3.81. The van der Waals surface area contributed by atoms with E-state index in [1.807, 2.05) is 38.1 Å². The Morgan fingerprint density at radius 1 is 1.00 bits per heavy atom. The predicted molar refractivity (Wildman–Crippen MR) is 101 cm³/mol. The molecule has 0 aliphatic heterocycles. The van der Waals surface area contributed by atoms with E-state index < -0.39 is 10.0 Å². The monoisotopic (exact) mass is 363 g/mol. The van der Waals surface area contributed by atoms with Crippen molar-refractivity contribution in [3.05, 3.63) is 53.6 Å². The van der Waals surface area contributed by atoms with Crippen LogP contribution in [-0.4, -0.2) is 28.4 Å². The summed E-state index contributed by atoms with van der Waals surface area (Å²) in [6.45, 7) is 4.08. The zero-order valence-electron chi connectivity index (χ0n) is 15.1. The van der Waals surface area contributed by atoms with Gasteiger partial charge in [-0.05, 0) is 41.7 Å². The summed E-state index contributed by atoms with van der Waals surface area (Å²) >= 11 is 0. The number of aryl methyl sites for hydroxylation is 1. The SMILES string of the molecule is COc1ccc(CCS(=O)(=O)Nc2ccccc2C(C)C)cc1OC. The average Bonchev–Trinajstić information content (AvgIpc) is 2.59. The maximum Gasteiger partial charge on any atom is 0.233 e. The first-order chi connectivity index (χ1) is 11.9. The molecular weight excluding hydrogens is 338 g/mol. The molecule has 136 valence electrons. The minimum absolute atomic E-state index is 0.00505. The molecule has 2 aromatic carbocycles. The van der Waals surface area contributed by atoms with Gasteiger partial charge in [-0.15, -0.1) is 0 Å². The summed E-state index contributed by atoms with van der Waals surface area (Å²) in [6, 6.07) is 12.9. The number of benzene rings is 2. The Kier molecular flexibility index (Phi) is 6.31. The van der Waals surface area contributed by atoms with Gasteiger partial charge >= 0.3 is 0 Å². The lowest BCUT2D eigenvalue weighted by molar-refractivity contribution is 0.354. The molecule has 0 heterocycles. The van der Waals surface area contributed by atoms with Crippen molar-refractivity contribution in [2.45, 2.75) is 26.2 Å². The first-order valence-corrected chi connectivity index (χ1v) is 9.82. The van der Waals surface area contributed by atoms with E-state index >= 15 is 0 Å². The molecule has 0 fully saturated rings. The topological polar surface area (TPSA) is 64.6 Å². The van der Waals surface area contributed by atoms with Crippen molar-refractivity contribution in [3.63, 3.8) is 0 Å². The molecule has 5 nitrogen and oxygen atoms in total. The van der Waals surface area contributed by atoms with Crippen LogP contribution in [0, 0.1) is 0 Å². The Labute approximate surface area is 150 Å². The third-order valence-electron chi connectivity index (χ3n) is 3.96. The first-order valence-electron chi connectivity index (χ1n) is 8.16. The fraction of sp³-hybridized carbons (Fsp3) is 0.368. The van der Waals surface area contributed by atoms with E-state index in [4.69, 9.17) is 9.47 Å². The molecular formula is C19H25NO4S. The number of nitrogens with one attached hydrogen (secondary N) is 1. The number of anilines is 1. The van der Waals surface area contributed by atoms with Gasteiger partial charge in [0.1, 0.15) is 0 Å². The van der Waals surface area contributed by atoms with Gasteiger partial charge in [0.15, 0.2) is 11.5 Å². The van der Waals surface area contributed by atoms with E-state index in [2.05, 4.69) is 4.72 Å². The standard InChI is InChI=1S/C19H25NO4S/c1-14(2)16-7-5-6-8-17(16)20-25(21,22)12-11-15-9-10-18(23-3)19(13-15)24-4/h5-10,13-14,20H,11-12H2,1-4H3. The molecule has 2 rings (SSSR count). The fourth-order valence-electron chi connectivity index (χ4n) is 2.60. The molecule has 0 saturated carbocycles. The molecule has 0 amide bonds. The molecule has 25 heavy (non-hydrogen) atoms. The number of para-hydroxylation sites is 1. The maximum atomic E-state index is 12.5. The van der Waals surface area contributed by atoms with E-state index in [1.54, 1.807) is 32.4 Å². The van der Waals surface area contributed by atoms with Crippen LogP contribution in [0.1, 0.15) is 30.9 Å². The Balaban J connectivity index is 2.10. The number of rotatable bonds is 8. The summed E-state index contributed by atoms with van der Waals surface area (Å²) in [5, 5.41) is 0. The van der Waals surface area contributed by atoms with E-state index in [0.29, 0.717) is 23.6 Å². The van der Waals surface area contributed by atoms with E-state index in [1.165, 1.54) is 0 Å². The van der Waals surface area contributed by atoms with E-state index in [-0.39, 0.29) is 11.7 Å². The van der Waals surface area contributed by atoms with Crippen molar-refractivity contribution in [1.82, 2.24) is 0 Å². The molecule has 2 aromatic rings. The van der Waals surface area contributed by atoms with Gasteiger partial charge in [-0.2, -0.15) is 0 Å². The van der Waals surface area contributed by atoms with Crippen LogP contribution < -0.4 is 14.2 Å². The summed E-state index contributed by atoms with van der Waals surface area (Å²) in [7, 11) is -0.320. The number of hydrogen-bond acceptors (Lipinski definition) is 4. The minimum atomic E-state index is -3.45. The Morgan fingerprint density at radius 2 is 1.68 bits per heavy atom. The lowest BCUT2D eigenvalue weighted by atomic mass is 10.0. The highest BCUT2D eigenvalue weighted by Crippen LogP contribution is 2.28. The highest BCUT2D eigenvalue weighted by Gasteiger charge is 2.15. The lowest BCUT2D eigenvalue weighted by Gasteiger charge is -2.15. The zero-order chi connectivity index (χ0) is 18.4. The Hall–Kier alpha value is -2.21. The van der Waals surface area contributed by atoms with Gasteiger partial charge in [0, 0.05) is 0 Å². The molecule has 0 bridgehead atoms. The summed E-state index contributed by atoms with van der Waals surface area (Å²) in [6.07, 6.45) is 0.388. The number of hydrogen-bond donors (Lipinski definition) is 1. The Bertz CT molecular complexity index is 816. The van der Waals surface area contributed by atoms with Crippen LogP contribution in [0.25, 0.3) is 0 Å². The second-order valence-corrected chi connectivity index (χ2v) is 7.94. The largest absolute Gasteiger partial charge is 0.493 e. The highest BCUT2D eigenvalue weighted by molar-refractivity contribution is 7.92. The van der Waals surface area contributed by atoms with Crippen LogP contribution in [0.3, 0.4) is 0 Å². The van der Waals surface area contributed by atoms with Crippen molar-refractivity contribution in [2.75, 3.05) is 24.7 Å². The van der Waals surface area contributed by atoms with Gasteiger partial charge in [0.25, 0.3) is 0 Å². The highest BCUT2D eigenvalue weighted by atomic mass is 32.2. The van der Waals surface area contributed by atoms with Crippen LogP contribution in [0.15, 0.2) is 42.5 Å². The van der Waals surface area contributed by atoms with Crippen molar-refractivity contribution < 1.29 is 17.9 Å². The molecule has 0 aliphatic carbocycles. The molecule has 0 radical (unpaired) electrons. The van der Waals surface area contributed by atoms with E-state index in [0.717, 1.165) is 11.1 Å². The summed E-state index contributed by atoms with van der Waals surface area (Å²) in [5.41, 5.74) is 2.50. The van der Waals surface area contributed by atoms with Crippen LogP contribution in [0.5, 0.6) is 11.5 Å². The molecule has 0 unspecified atom stereocenters. The van der Waals surface area contributed by atoms with Gasteiger partial charge in [0.05, 0.1) is 25.7 Å². The Morgan fingerprint density at radius 3 is 2.32 bits per heavy atom. The zero-order valence-corrected chi connectivity index (χ0v) is 15.9. The van der Waals surface area contributed by atoms with Crippen LogP contribution in [-0.2, 0) is 16.4 Å². The fourth-order valence-corrected chi connectivity index (χ4v) is 3.73. The second-order valence-electron chi connectivity index (χ2n) is 6.10. The van der Waals surface area contributed by atoms with Crippen LogP contribution in [0.2, 0.25) is 0 Å². The van der Waals surface area contributed by atoms with Crippen molar-refractivity contribution in [3.8, 4) is 11.5 Å². The third kappa shape index (κ3) is 5.13.